The molecule has 0 bridgehead atoms. The van der Waals surface area contributed by atoms with Crippen LogP contribution in [-0.4, -0.2) is 140 Å². The average molecular weight is 1160 g/mol. The Labute approximate surface area is 349 Å². The molecule has 0 saturated carbocycles. The van der Waals surface area contributed by atoms with Gasteiger partial charge in [-0.15, -0.1) is 0 Å². The van der Waals surface area contributed by atoms with E-state index in [4.69, 9.17) is 5.11 Å². The fourth-order valence-electron chi connectivity index (χ4n) is 3.78. The molecule has 45 heteroatoms. The van der Waals surface area contributed by atoms with Crippen LogP contribution in [-0.2, 0) is 0 Å². The van der Waals surface area contributed by atoms with Crippen LogP contribution in [0.15, 0.2) is 0 Å². The van der Waals surface area contributed by atoms with E-state index in [2.05, 4.69) is 0 Å². The number of halogens is 42. The van der Waals surface area contributed by atoms with Gasteiger partial charge in [0.15, 0.2) is 0 Å². The molecule has 68 heavy (non-hydrogen) atoms. The molecule has 1 unspecified atom stereocenters. The number of hydrogen-bond donors (Lipinski definition) is 1. The number of aliphatic hydroxyl groups is 1. The summed E-state index contributed by atoms with van der Waals surface area (Å²) in [6.07, 6.45) is -16.7. The summed E-state index contributed by atoms with van der Waals surface area (Å²) in [6, 6.07) is 0. The molecule has 1 nitrogen and oxygen atoms in total. The van der Waals surface area contributed by atoms with Crippen LogP contribution in [0.5, 0.6) is 0 Å². The number of rotatable bonds is 22. The lowest BCUT2D eigenvalue weighted by Crippen LogP contribution is -2.76. The Morgan fingerprint density at radius 1 is 0.235 bits per heavy atom. The van der Waals surface area contributed by atoms with Gasteiger partial charge in [-0.05, 0) is 0 Å². The Hall–Kier alpha value is -2.28. The zero-order valence-corrected chi connectivity index (χ0v) is 30.8. The first-order chi connectivity index (χ1) is 28.6. The molecule has 0 aliphatic heterocycles. The monoisotopic (exact) mass is 1160 g/mol. The average Bonchev–Trinajstić information content (AvgIpc) is 3.10. The van der Waals surface area contributed by atoms with E-state index in [0.29, 0.717) is 0 Å². The summed E-state index contributed by atoms with van der Waals surface area (Å²) < 4.78 is 567. The Balaban J connectivity index is 7.20. The molecular weight excluding hydrogens is 1150 g/mol. The van der Waals surface area contributed by atoms with Crippen LogP contribution >= 0.6 is 23.5 Å². The molecule has 0 heterocycles. The molecule has 0 amide bonds. The Kier molecular flexibility index (Phi) is 16.3. The highest BCUT2D eigenvalue weighted by atomic mass is 32.2. The van der Waals surface area contributed by atoms with Crippen molar-refractivity contribution >= 4 is 23.5 Å². The van der Waals surface area contributed by atoms with E-state index in [0.717, 1.165) is 0 Å². The third-order valence-electron chi connectivity index (χ3n) is 7.93. The van der Waals surface area contributed by atoms with E-state index in [1.54, 1.807) is 0 Å². The van der Waals surface area contributed by atoms with Crippen molar-refractivity contribution in [3.63, 3.8) is 0 Å². The molecule has 0 aromatic rings. The molecule has 0 saturated heterocycles. The van der Waals surface area contributed by atoms with Gasteiger partial charge in [-0.1, -0.05) is 23.5 Å². The van der Waals surface area contributed by atoms with Crippen molar-refractivity contribution < 1.29 is 190 Å². The van der Waals surface area contributed by atoms with Crippen LogP contribution in [0, 0.1) is 0 Å². The molecule has 410 valence electrons. The number of thioether (sulfide) groups is 2. The molecule has 0 rings (SSSR count). The van der Waals surface area contributed by atoms with Crippen LogP contribution in [0.1, 0.15) is 0 Å². The first-order valence-electron chi connectivity index (χ1n) is 14.5. The van der Waals surface area contributed by atoms with Crippen molar-refractivity contribution in [3.8, 4) is 0 Å². The maximum absolute atomic E-state index is 14.2. The second-order valence-corrected chi connectivity index (χ2v) is 15.0. The highest BCUT2D eigenvalue weighted by Gasteiger charge is 3.00. The summed E-state index contributed by atoms with van der Waals surface area (Å²) in [7, 11) is 0. The van der Waals surface area contributed by atoms with Gasteiger partial charge in [-0.3, -0.25) is 0 Å². The standard InChI is InChI=1S/C23H6F42OS2/c24-4(25,8(32,33)12(40,41)16(48,49)20(56,57)58)6(28,29)10(36,37)14(44,45)18(52,53)22(62,63)67-2-3(1-66)68-23(64,65)19(54,55)15(46,47)11(38,39)7(30,31)5(26,27)9(34,35)13(42,43)17(50,51)21(59,60)61/h3,66H,1-2H2. The maximum Gasteiger partial charge on any atom is 0.460 e. The summed E-state index contributed by atoms with van der Waals surface area (Å²) in [5.41, 5.74) is 0. The van der Waals surface area contributed by atoms with Gasteiger partial charge < -0.3 is 5.11 Å². The van der Waals surface area contributed by atoms with Crippen LogP contribution in [0.4, 0.5) is 184 Å². The Bertz CT molecular complexity index is 1770. The molecule has 0 radical (unpaired) electrons. The fourth-order valence-corrected chi connectivity index (χ4v) is 5.84. The van der Waals surface area contributed by atoms with E-state index in [9.17, 15) is 184 Å². The first-order valence-corrected chi connectivity index (χ1v) is 16.4. The number of aliphatic hydroxyl groups excluding tert-OH is 1. The van der Waals surface area contributed by atoms with Crippen molar-refractivity contribution in [1.29, 1.82) is 0 Å². The van der Waals surface area contributed by atoms with Crippen LogP contribution in [0.2, 0.25) is 0 Å². The zero-order valence-electron chi connectivity index (χ0n) is 29.1. The van der Waals surface area contributed by atoms with Crippen molar-refractivity contribution in [2.24, 2.45) is 0 Å². The lowest BCUT2D eigenvalue weighted by Gasteiger charge is -2.44. The summed E-state index contributed by atoms with van der Waals surface area (Å²) in [6.45, 7) is -3.11. The van der Waals surface area contributed by atoms with Gasteiger partial charge in [0.05, 0.1) is 6.61 Å². The minimum Gasteiger partial charge on any atom is -0.395 e. The van der Waals surface area contributed by atoms with Crippen molar-refractivity contribution in [2.45, 2.75) is 123 Å². The molecule has 0 aromatic heterocycles. The normalized spacial score (nSPS) is 17.5. The third kappa shape index (κ3) is 8.40. The van der Waals surface area contributed by atoms with Gasteiger partial charge in [-0.2, -0.15) is 184 Å². The molecule has 0 fully saturated rings. The topological polar surface area (TPSA) is 20.2 Å². The van der Waals surface area contributed by atoms with E-state index < -0.39 is 159 Å². The van der Waals surface area contributed by atoms with Crippen LogP contribution < -0.4 is 0 Å². The number of alkyl halides is 42. The van der Waals surface area contributed by atoms with E-state index in [-0.39, 0.29) is 0 Å². The Morgan fingerprint density at radius 3 is 0.574 bits per heavy atom. The Morgan fingerprint density at radius 2 is 0.397 bits per heavy atom. The van der Waals surface area contributed by atoms with Gasteiger partial charge in [0.25, 0.3) is 0 Å². The minimum absolute atomic E-state index is 3.11. The smallest absolute Gasteiger partial charge is 0.395 e. The SMILES string of the molecule is OCC(CSC(F)(F)C(F)(F)C(F)(F)C(F)(F)C(F)(F)C(F)(F)C(F)(F)C(F)(F)C(F)(F)C(F)(F)F)SC(F)(F)C(F)(F)C(F)(F)C(F)(F)C(F)(F)C(F)(F)C(F)(F)C(F)(F)C(F)(F)C(F)(F)F. The predicted octanol–water partition coefficient (Wildman–Crippen LogP) is 14.3. The summed E-state index contributed by atoms with van der Waals surface area (Å²) in [5.74, 6) is -154. The number of hydrogen-bond acceptors (Lipinski definition) is 3. The van der Waals surface area contributed by atoms with E-state index in [1.165, 1.54) is 0 Å². The van der Waals surface area contributed by atoms with Gasteiger partial charge in [-0.25, -0.2) is 0 Å². The third-order valence-corrected chi connectivity index (χ3v) is 10.5. The second-order valence-electron chi connectivity index (χ2n) is 12.5. The minimum atomic E-state index is -9.79. The highest BCUT2D eigenvalue weighted by molar-refractivity contribution is 8.04. The largest absolute Gasteiger partial charge is 0.460 e. The van der Waals surface area contributed by atoms with Crippen molar-refractivity contribution in [1.82, 2.24) is 0 Å². The quantitative estimate of drug-likeness (QED) is 0.109. The second kappa shape index (κ2) is 16.9. The highest BCUT2D eigenvalue weighted by Crippen LogP contribution is 2.69. The van der Waals surface area contributed by atoms with Gasteiger partial charge in [0.2, 0.25) is 0 Å². The molecule has 0 aliphatic rings. The summed E-state index contributed by atoms with van der Waals surface area (Å²) in [5, 5.41) is -11.5. The molecule has 0 aliphatic carbocycles. The summed E-state index contributed by atoms with van der Waals surface area (Å²) in [4.78, 5) is 0. The van der Waals surface area contributed by atoms with Gasteiger partial charge >= 0.3 is 118 Å². The predicted molar refractivity (Wildman–Crippen MR) is 132 cm³/mol. The zero-order chi connectivity index (χ0) is 56.4. The van der Waals surface area contributed by atoms with Gasteiger partial charge in [0, 0.05) is 11.0 Å². The van der Waals surface area contributed by atoms with Gasteiger partial charge in [0.1, 0.15) is 0 Å². The maximum atomic E-state index is 14.2. The lowest BCUT2D eigenvalue weighted by molar-refractivity contribution is -0.472. The van der Waals surface area contributed by atoms with Crippen LogP contribution in [0.25, 0.3) is 0 Å². The molecule has 1 N–H and O–H groups in total. The lowest BCUT2D eigenvalue weighted by atomic mass is 9.87. The molecule has 0 aromatic carbocycles. The van der Waals surface area contributed by atoms with E-state index >= 15 is 0 Å². The fraction of sp³-hybridized carbons (Fsp3) is 1.00. The van der Waals surface area contributed by atoms with E-state index in [1.807, 2.05) is 0 Å². The van der Waals surface area contributed by atoms with Crippen LogP contribution in [0.3, 0.4) is 0 Å². The molecule has 1 atom stereocenters. The molecule has 0 spiro atoms. The summed E-state index contributed by atoms with van der Waals surface area (Å²) >= 11 is -6.36. The first kappa shape index (κ1) is 65.7. The van der Waals surface area contributed by atoms with Crippen molar-refractivity contribution in [3.05, 3.63) is 0 Å². The van der Waals surface area contributed by atoms with Crippen molar-refractivity contribution in [2.75, 3.05) is 12.4 Å². The molecular formula is C23H6F42OS2.